The van der Waals surface area contributed by atoms with E-state index >= 15 is 0 Å². The van der Waals surface area contributed by atoms with Crippen molar-refractivity contribution in [2.24, 2.45) is 0 Å². The van der Waals surface area contributed by atoms with Gasteiger partial charge in [-0.3, -0.25) is 9.59 Å². The van der Waals surface area contributed by atoms with Crippen LogP contribution >= 0.6 is 0 Å². The fraction of sp³-hybridized carbons (Fsp3) is 0.429. The molecule has 0 aliphatic carbocycles. The van der Waals surface area contributed by atoms with Crippen LogP contribution in [-0.4, -0.2) is 38.7 Å². The maximum absolute atomic E-state index is 11.7. The van der Waals surface area contributed by atoms with Gasteiger partial charge in [-0.25, -0.2) is 0 Å². The van der Waals surface area contributed by atoms with Crippen LogP contribution < -0.4 is 10.6 Å². The third kappa shape index (κ3) is 5.81. The summed E-state index contributed by atoms with van der Waals surface area (Å²) in [4.78, 5) is 22.7. The van der Waals surface area contributed by atoms with Gasteiger partial charge in [0.25, 0.3) is 0 Å². The molecule has 0 fully saturated rings. The van der Waals surface area contributed by atoms with Gasteiger partial charge in [0.1, 0.15) is 6.61 Å². The predicted octanol–water partition coefficient (Wildman–Crippen LogP) is 1.55. The Labute approximate surface area is 118 Å². The minimum absolute atomic E-state index is 0.0346. The number of anilines is 2. The summed E-state index contributed by atoms with van der Waals surface area (Å²) in [6, 6.07) is 5.32. The molecular formula is C14H20N2O4. The molecular weight excluding hydrogens is 260 g/mol. The Morgan fingerprint density at radius 1 is 1.20 bits per heavy atom. The van der Waals surface area contributed by atoms with Crippen LogP contribution in [0.3, 0.4) is 0 Å². The van der Waals surface area contributed by atoms with Gasteiger partial charge in [0.05, 0.1) is 13.2 Å². The smallest absolute Gasteiger partial charge is 0.250 e. The standard InChI is InChI=1S/C14H20N2O4/c1-10-4-5-12(15-11(2)17)8-13(10)16-14(18)9-20-7-6-19-3/h4-5,8H,6-7,9H2,1-3H3,(H,15,17)(H,16,18). The lowest BCUT2D eigenvalue weighted by atomic mass is 10.1. The third-order valence-corrected chi connectivity index (χ3v) is 2.50. The van der Waals surface area contributed by atoms with Crippen molar-refractivity contribution in [2.45, 2.75) is 13.8 Å². The van der Waals surface area contributed by atoms with E-state index in [2.05, 4.69) is 10.6 Å². The van der Waals surface area contributed by atoms with Gasteiger partial charge in [-0.15, -0.1) is 0 Å². The first-order valence-corrected chi connectivity index (χ1v) is 6.27. The average molecular weight is 280 g/mol. The topological polar surface area (TPSA) is 76.7 Å². The highest BCUT2D eigenvalue weighted by molar-refractivity contribution is 5.94. The van der Waals surface area contributed by atoms with E-state index in [1.807, 2.05) is 13.0 Å². The molecule has 6 nitrogen and oxygen atoms in total. The first-order valence-electron chi connectivity index (χ1n) is 6.27. The molecule has 0 spiro atoms. The molecule has 1 aromatic carbocycles. The molecule has 0 aromatic heterocycles. The van der Waals surface area contributed by atoms with E-state index in [1.165, 1.54) is 6.92 Å². The molecule has 2 amide bonds. The predicted molar refractivity (Wildman–Crippen MR) is 76.8 cm³/mol. The van der Waals surface area contributed by atoms with Gasteiger partial charge in [0.15, 0.2) is 0 Å². The van der Waals surface area contributed by atoms with E-state index in [0.717, 1.165) is 5.56 Å². The Morgan fingerprint density at radius 2 is 1.95 bits per heavy atom. The number of rotatable bonds is 7. The summed E-state index contributed by atoms with van der Waals surface area (Å²) in [6.07, 6.45) is 0. The van der Waals surface area contributed by atoms with Gasteiger partial charge in [0, 0.05) is 25.4 Å². The summed E-state index contributed by atoms with van der Waals surface area (Å²) >= 11 is 0. The number of carbonyl (C=O) groups is 2. The minimum Gasteiger partial charge on any atom is -0.382 e. The maximum Gasteiger partial charge on any atom is 0.250 e. The minimum atomic E-state index is -0.246. The van der Waals surface area contributed by atoms with Gasteiger partial charge in [0.2, 0.25) is 11.8 Å². The van der Waals surface area contributed by atoms with Gasteiger partial charge in [-0.1, -0.05) is 6.07 Å². The number of nitrogens with one attached hydrogen (secondary N) is 2. The summed E-state index contributed by atoms with van der Waals surface area (Å²) in [5.41, 5.74) is 2.19. The summed E-state index contributed by atoms with van der Waals surface area (Å²) in [5, 5.41) is 5.41. The summed E-state index contributed by atoms with van der Waals surface area (Å²) in [5.74, 6) is -0.404. The van der Waals surface area contributed by atoms with Crippen molar-refractivity contribution in [1.29, 1.82) is 0 Å². The fourth-order valence-electron chi connectivity index (χ4n) is 1.53. The summed E-state index contributed by atoms with van der Waals surface area (Å²) in [7, 11) is 1.57. The number of hydrogen-bond donors (Lipinski definition) is 2. The van der Waals surface area contributed by atoms with E-state index in [4.69, 9.17) is 9.47 Å². The van der Waals surface area contributed by atoms with Crippen LogP contribution in [-0.2, 0) is 19.1 Å². The molecule has 0 bridgehead atoms. The largest absolute Gasteiger partial charge is 0.382 e. The van der Waals surface area contributed by atoms with Gasteiger partial charge in [-0.2, -0.15) is 0 Å². The van der Waals surface area contributed by atoms with Crippen molar-refractivity contribution in [3.8, 4) is 0 Å². The first kappa shape index (κ1) is 16.1. The number of ether oxygens (including phenoxy) is 2. The van der Waals surface area contributed by atoms with E-state index in [9.17, 15) is 9.59 Å². The van der Waals surface area contributed by atoms with Crippen LogP contribution in [0.1, 0.15) is 12.5 Å². The molecule has 0 radical (unpaired) electrons. The van der Waals surface area contributed by atoms with Crippen LogP contribution in [0.2, 0.25) is 0 Å². The van der Waals surface area contributed by atoms with Crippen molar-refractivity contribution < 1.29 is 19.1 Å². The second-order valence-electron chi connectivity index (χ2n) is 4.30. The zero-order chi connectivity index (χ0) is 15.0. The number of amides is 2. The van der Waals surface area contributed by atoms with E-state index < -0.39 is 0 Å². The van der Waals surface area contributed by atoms with E-state index in [0.29, 0.717) is 24.6 Å². The normalized spacial score (nSPS) is 10.2. The third-order valence-electron chi connectivity index (χ3n) is 2.50. The zero-order valence-electron chi connectivity index (χ0n) is 12.0. The SMILES string of the molecule is COCCOCC(=O)Nc1cc(NC(C)=O)ccc1C. The molecule has 1 aromatic rings. The molecule has 0 saturated heterocycles. The Morgan fingerprint density at radius 3 is 2.60 bits per heavy atom. The van der Waals surface area contributed by atoms with Crippen LogP contribution in [0.15, 0.2) is 18.2 Å². The van der Waals surface area contributed by atoms with E-state index in [-0.39, 0.29) is 18.4 Å². The Kier molecular flexibility index (Phi) is 6.69. The molecule has 0 unspecified atom stereocenters. The second-order valence-corrected chi connectivity index (χ2v) is 4.30. The lowest BCUT2D eigenvalue weighted by molar-refractivity contribution is -0.121. The summed E-state index contributed by atoms with van der Waals surface area (Å²) < 4.78 is 9.95. The molecule has 0 atom stereocenters. The van der Waals surface area contributed by atoms with Crippen molar-refractivity contribution in [3.63, 3.8) is 0 Å². The fourth-order valence-corrected chi connectivity index (χ4v) is 1.53. The molecule has 2 N–H and O–H groups in total. The highest BCUT2D eigenvalue weighted by Crippen LogP contribution is 2.20. The number of benzene rings is 1. The quantitative estimate of drug-likeness (QED) is 0.743. The molecule has 110 valence electrons. The van der Waals surface area contributed by atoms with Crippen molar-refractivity contribution in [3.05, 3.63) is 23.8 Å². The lowest BCUT2D eigenvalue weighted by Gasteiger charge is -2.11. The van der Waals surface area contributed by atoms with Crippen LogP contribution in [0.4, 0.5) is 11.4 Å². The van der Waals surface area contributed by atoms with Crippen molar-refractivity contribution in [1.82, 2.24) is 0 Å². The van der Waals surface area contributed by atoms with E-state index in [1.54, 1.807) is 19.2 Å². The van der Waals surface area contributed by atoms with Crippen LogP contribution in [0.5, 0.6) is 0 Å². The summed E-state index contributed by atoms with van der Waals surface area (Å²) in [6.45, 7) is 4.09. The Balaban J connectivity index is 2.57. The van der Waals surface area contributed by atoms with Crippen molar-refractivity contribution >= 4 is 23.2 Å². The molecule has 20 heavy (non-hydrogen) atoms. The Bertz CT molecular complexity index is 474. The molecule has 0 heterocycles. The first-order chi connectivity index (χ1) is 9.52. The number of aryl methyl sites for hydroxylation is 1. The van der Waals surface area contributed by atoms with Crippen LogP contribution in [0.25, 0.3) is 0 Å². The maximum atomic E-state index is 11.7. The highest BCUT2D eigenvalue weighted by atomic mass is 16.5. The molecule has 1 rings (SSSR count). The molecule has 0 aliphatic heterocycles. The van der Waals surface area contributed by atoms with Gasteiger partial charge >= 0.3 is 0 Å². The number of carbonyl (C=O) groups excluding carboxylic acids is 2. The van der Waals surface area contributed by atoms with Gasteiger partial charge in [-0.05, 0) is 24.6 Å². The second kappa shape index (κ2) is 8.29. The molecule has 0 aliphatic rings. The zero-order valence-corrected chi connectivity index (χ0v) is 12.0. The number of hydrogen-bond acceptors (Lipinski definition) is 4. The van der Waals surface area contributed by atoms with Crippen molar-refractivity contribution in [2.75, 3.05) is 37.6 Å². The lowest BCUT2D eigenvalue weighted by Crippen LogP contribution is -2.20. The number of methoxy groups -OCH3 is 1. The van der Waals surface area contributed by atoms with Crippen LogP contribution in [0, 0.1) is 6.92 Å². The molecule has 6 heteroatoms. The Hall–Kier alpha value is -1.92. The average Bonchev–Trinajstić information content (AvgIpc) is 2.38. The van der Waals surface area contributed by atoms with Gasteiger partial charge < -0.3 is 20.1 Å². The monoisotopic (exact) mass is 280 g/mol. The molecule has 0 saturated carbocycles. The highest BCUT2D eigenvalue weighted by Gasteiger charge is 2.06.